The number of ether oxygens (including phenoxy) is 1. The average molecular weight is 286 g/mol. The predicted octanol–water partition coefficient (Wildman–Crippen LogP) is 3.63. The third-order valence-electron chi connectivity index (χ3n) is 3.76. The molecule has 4 nitrogen and oxygen atoms in total. The van der Waals surface area contributed by atoms with E-state index in [4.69, 9.17) is 10.00 Å². The maximum atomic E-state index is 11.8. The molecule has 0 unspecified atom stereocenters. The number of carbonyl (C=O) groups excluding carboxylic acids is 1. The first-order chi connectivity index (χ1) is 10.3. The smallest absolute Gasteiger partial charge is 0.226 e. The Hall–Kier alpha value is -1.86. The van der Waals surface area contributed by atoms with Gasteiger partial charge in [-0.2, -0.15) is 5.26 Å². The summed E-state index contributed by atoms with van der Waals surface area (Å²) in [4.78, 5) is 11.8. The summed E-state index contributed by atoms with van der Waals surface area (Å²) >= 11 is 0. The fourth-order valence-corrected chi connectivity index (χ4v) is 2.62. The van der Waals surface area contributed by atoms with Crippen LogP contribution >= 0.6 is 0 Å². The molecule has 0 aromatic heterocycles. The Kier molecular flexibility index (Phi) is 6.23. The van der Waals surface area contributed by atoms with Crippen molar-refractivity contribution < 1.29 is 9.53 Å². The van der Waals surface area contributed by atoms with Gasteiger partial charge in [-0.3, -0.25) is 4.79 Å². The van der Waals surface area contributed by atoms with Crippen LogP contribution in [0.15, 0.2) is 24.3 Å². The highest BCUT2D eigenvalue weighted by Gasteiger charge is 2.13. The highest BCUT2D eigenvalue weighted by atomic mass is 16.5. The van der Waals surface area contributed by atoms with Crippen LogP contribution in [0, 0.1) is 11.3 Å². The fraction of sp³-hybridized carbons (Fsp3) is 0.529. The van der Waals surface area contributed by atoms with Gasteiger partial charge in [-0.15, -0.1) is 0 Å². The van der Waals surface area contributed by atoms with E-state index in [1.165, 1.54) is 25.7 Å². The lowest BCUT2D eigenvalue weighted by Gasteiger charge is -2.15. The Morgan fingerprint density at radius 1 is 1.29 bits per heavy atom. The van der Waals surface area contributed by atoms with Crippen LogP contribution in [0.3, 0.4) is 0 Å². The standard InChI is InChI=1S/C17H22N2O2/c18-13-14-6-5-7-15(12-14)19-17(20)10-11-21-16-8-3-1-2-4-9-16/h5-7,12,16H,1-4,8-11H2,(H,19,20). The van der Waals surface area contributed by atoms with Gasteiger partial charge in [0.05, 0.1) is 30.8 Å². The molecule has 1 aliphatic carbocycles. The first kappa shape index (κ1) is 15.5. The van der Waals surface area contributed by atoms with Crippen LogP contribution in [0.4, 0.5) is 5.69 Å². The Morgan fingerprint density at radius 3 is 2.76 bits per heavy atom. The molecule has 1 amide bonds. The van der Waals surface area contributed by atoms with E-state index in [1.54, 1.807) is 24.3 Å². The quantitative estimate of drug-likeness (QED) is 0.841. The highest BCUT2D eigenvalue weighted by Crippen LogP contribution is 2.20. The predicted molar refractivity (Wildman–Crippen MR) is 81.8 cm³/mol. The lowest BCUT2D eigenvalue weighted by atomic mass is 10.1. The van der Waals surface area contributed by atoms with Crippen molar-refractivity contribution in [2.45, 2.75) is 51.0 Å². The molecule has 1 N–H and O–H groups in total. The van der Waals surface area contributed by atoms with E-state index in [2.05, 4.69) is 11.4 Å². The van der Waals surface area contributed by atoms with E-state index < -0.39 is 0 Å². The van der Waals surface area contributed by atoms with E-state index in [9.17, 15) is 4.79 Å². The summed E-state index contributed by atoms with van der Waals surface area (Å²) in [6.45, 7) is 0.467. The second-order valence-corrected chi connectivity index (χ2v) is 5.48. The minimum atomic E-state index is -0.0706. The molecule has 4 heteroatoms. The number of nitrogens with zero attached hydrogens (tertiary/aromatic N) is 1. The van der Waals surface area contributed by atoms with Crippen molar-refractivity contribution in [3.8, 4) is 6.07 Å². The van der Waals surface area contributed by atoms with Crippen molar-refractivity contribution in [1.29, 1.82) is 5.26 Å². The van der Waals surface area contributed by atoms with Gasteiger partial charge in [0.15, 0.2) is 0 Å². The fourth-order valence-electron chi connectivity index (χ4n) is 2.62. The molecule has 2 rings (SSSR count). The van der Waals surface area contributed by atoms with E-state index in [-0.39, 0.29) is 5.91 Å². The van der Waals surface area contributed by atoms with Crippen LogP contribution in [0.2, 0.25) is 0 Å². The van der Waals surface area contributed by atoms with Gasteiger partial charge in [0, 0.05) is 5.69 Å². The monoisotopic (exact) mass is 286 g/mol. The molecule has 0 bridgehead atoms. The number of nitriles is 1. The molecule has 0 atom stereocenters. The minimum absolute atomic E-state index is 0.0706. The summed E-state index contributed by atoms with van der Waals surface area (Å²) in [6, 6.07) is 8.98. The first-order valence-corrected chi connectivity index (χ1v) is 7.69. The first-order valence-electron chi connectivity index (χ1n) is 7.69. The number of carbonyl (C=O) groups is 1. The molecule has 1 aromatic carbocycles. The number of rotatable bonds is 5. The number of hydrogen-bond acceptors (Lipinski definition) is 3. The molecule has 1 saturated carbocycles. The number of anilines is 1. The second-order valence-electron chi connectivity index (χ2n) is 5.48. The number of benzene rings is 1. The van der Waals surface area contributed by atoms with E-state index >= 15 is 0 Å². The number of amides is 1. The van der Waals surface area contributed by atoms with E-state index in [0.29, 0.717) is 30.4 Å². The zero-order valence-electron chi connectivity index (χ0n) is 12.3. The molecule has 0 spiro atoms. The maximum Gasteiger partial charge on any atom is 0.226 e. The molecule has 112 valence electrons. The van der Waals surface area contributed by atoms with Crippen molar-refractivity contribution in [2.75, 3.05) is 11.9 Å². The molecule has 0 radical (unpaired) electrons. The van der Waals surface area contributed by atoms with Crippen molar-refractivity contribution >= 4 is 11.6 Å². The lowest BCUT2D eigenvalue weighted by molar-refractivity contribution is -0.117. The van der Waals surface area contributed by atoms with E-state index in [1.807, 2.05) is 0 Å². The summed E-state index contributed by atoms with van der Waals surface area (Å²) in [5, 5.41) is 11.6. The number of nitrogens with one attached hydrogen (secondary N) is 1. The Balaban J connectivity index is 1.70. The van der Waals surface area contributed by atoms with Crippen molar-refractivity contribution in [2.24, 2.45) is 0 Å². The Labute approximate surface area is 126 Å². The molecular weight excluding hydrogens is 264 g/mol. The van der Waals surface area contributed by atoms with Gasteiger partial charge in [0.2, 0.25) is 5.91 Å². The summed E-state index contributed by atoms with van der Waals surface area (Å²) in [7, 11) is 0. The van der Waals surface area contributed by atoms with Gasteiger partial charge in [-0.1, -0.05) is 31.7 Å². The third-order valence-corrected chi connectivity index (χ3v) is 3.76. The van der Waals surface area contributed by atoms with Crippen molar-refractivity contribution in [1.82, 2.24) is 0 Å². The SMILES string of the molecule is N#Cc1cccc(NC(=O)CCOC2CCCCCC2)c1. The van der Waals surface area contributed by atoms with Gasteiger partial charge in [-0.05, 0) is 31.0 Å². The van der Waals surface area contributed by atoms with Crippen LogP contribution in [0.25, 0.3) is 0 Å². The summed E-state index contributed by atoms with van der Waals surface area (Å²) in [6.07, 6.45) is 7.98. The van der Waals surface area contributed by atoms with Gasteiger partial charge in [-0.25, -0.2) is 0 Å². The van der Waals surface area contributed by atoms with Gasteiger partial charge < -0.3 is 10.1 Å². The molecular formula is C17H22N2O2. The van der Waals surface area contributed by atoms with Crippen LogP contribution in [-0.2, 0) is 9.53 Å². The van der Waals surface area contributed by atoms with Crippen LogP contribution in [0.1, 0.15) is 50.5 Å². The zero-order valence-corrected chi connectivity index (χ0v) is 12.3. The normalized spacial score (nSPS) is 16.0. The summed E-state index contributed by atoms with van der Waals surface area (Å²) < 4.78 is 5.80. The highest BCUT2D eigenvalue weighted by molar-refractivity contribution is 5.90. The summed E-state index contributed by atoms with van der Waals surface area (Å²) in [5.41, 5.74) is 1.20. The van der Waals surface area contributed by atoms with Crippen molar-refractivity contribution in [3.05, 3.63) is 29.8 Å². The lowest BCUT2D eigenvalue weighted by Crippen LogP contribution is -2.18. The van der Waals surface area contributed by atoms with Crippen LogP contribution < -0.4 is 5.32 Å². The van der Waals surface area contributed by atoms with Crippen molar-refractivity contribution in [3.63, 3.8) is 0 Å². The molecule has 1 aromatic rings. The minimum Gasteiger partial charge on any atom is -0.378 e. The van der Waals surface area contributed by atoms with Crippen LogP contribution in [-0.4, -0.2) is 18.6 Å². The molecule has 0 aliphatic heterocycles. The average Bonchev–Trinajstić information content (AvgIpc) is 2.76. The topological polar surface area (TPSA) is 62.1 Å². The Morgan fingerprint density at radius 2 is 2.05 bits per heavy atom. The molecule has 21 heavy (non-hydrogen) atoms. The maximum absolute atomic E-state index is 11.8. The van der Waals surface area contributed by atoms with Crippen LogP contribution in [0.5, 0.6) is 0 Å². The van der Waals surface area contributed by atoms with Gasteiger partial charge >= 0.3 is 0 Å². The van der Waals surface area contributed by atoms with Gasteiger partial charge in [0.1, 0.15) is 0 Å². The zero-order chi connectivity index (χ0) is 14.9. The second kappa shape index (κ2) is 8.43. The molecule has 0 heterocycles. The molecule has 1 fully saturated rings. The molecule has 1 aliphatic rings. The van der Waals surface area contributed by atoms with E-state index in [0.717, 1.165) is 12.8 Å². The third kappa shape index (κ3) is 5.57. The summed E-state index contributed by atoms with van der Waals surface area (Å²) in [5.74, 6) is -0.0706. The number of hydrogen-bond donors (Lipinski definition) is 1. The Bertz CT molecular complexity index is 500. The molecule has 0 saturated heterocycles. The largest absolute Gasteiger partial charge is 0.378 e. The van der Waals surface area contributed by atoms with Gasteiger partial charge in [0.25, 0.3) is 0 Å².